The lowest BCUT2D eigenvalue weighted by Crippen LogP contribution is -2.48. The smallest absolute Gasteiger partial charge is 0.184 e. The van der Waals surface area contributed by atoms with Crippen molar-refractivity contribution in [2.75, 3.05) is 6.54 Å². The Morgan fingerprint density at radius 1 is 1.04 bits per heavy atom. The molecule has 9 heteroatoms. The van der Waals surface area contributed by atoms with Crippen molar-refractivity contribution in [1.82, 2.24) is 0 Å². The van der Waals surface area contributed by atoms with Crippen molar-refractivity contribution in [2.24, 2.45) is 5.11 Å². The molecule has 4 atom stereocenters. The van der Waals surface area contributed by atoms with Gasteiger partial charge in [0.2, 0.25) is 0 Å². The van der Waals surface area contributed by atoms with Gasteiger partial charge in [0.25, 0.3) is 0 Å². The van der Waals surface area contributed by atoms with Crippen molar-refractivity contribution in [3.05, 3.63) is 40.3 Å². The first-order valence-corrected chi connectivity index (χ1v) is 16.9. The van der Waals surface area contributed by atoms with Crippen molar-refractivity contribution in [1.29, 1.82) is 0 Å². The number of ether oxygens (including phenoxy) is 1. The number of aryl methyl sites for hydroxylation is 1. The molecule has 0 unspecified atom stereocenters. The Labute approximate surface area is 168 Å². The molecule has 2 rings (SSSR count). The van der Waals surface area contributed by atoms with E-state index in [4.69, 9.17) is 19.1 Å². The number of benzene rings is 1. The number of hydrogen-bond donors (Lipinski definition) is 0. The molecule has 0 bridgehead atoms. The summed E-state index contributed by atoms with van der Waals surface area (Å²) >= 11 is 1.65. The Bertz CT molecular complexity index is 670. The van der Waals surface area contributed by atoms with Crippen LogP contribution in [0.25, 0.3) is 10.4 Å². The summed E-state index contributed by atoms with van der Waals surface area (Å²) in [4.78, 5) is 4.04. The van der Waals surface area contributed by atoms with E-state index >= 15 is 0 Å². The highest BCUT2D eigenvalue weighted by molar-refractivity contribution is 7.99. The van der Waals surface area contributed by atoms with Crippen LogP contribution in [0.4, 0.5) is 0 Å². The highest BCUT2D eigenvalue weighted by Gasteiger charge is 2.49. The predicted octanol–water partition coefficient (Wildman–Crippen LogP) is 5.56. The van der Waals surface area contributed by atoms with Crippen LogP contribution in [-0.2, 0) is 13.6 Å². The van der Waals surface area contributed by atoms with Crippen LogP contribution < -0.4 is 0 Å². The molecule has 0 spiro atoms. The molecule has 6 nitrogen and oxygen atoms in total. The normalized spacial score (nSPS) is 26.0. The van der Waals surface area contributed by atoms with Crippen LogP contribution in [0.2, 0.25) is 39.3 Å². The highest BCUT2D eigenvalue weighted by Crippen LogP contribution is 2.39. The molecule has 1 aliphatic heterocycles. The fourth-order valence-electron chi connectivity index (χ4n) is 2.89. The third-order valence-corrected chi connectivity index (χ3v) is 6.96. The van der Waals surface area contributed by atoms with Crippen LogP contribution in [0.15, 0.2) is 34.3 Å². The summed E-state index contributed by atoms with van der Waals surface area (Å²) in [5.74, 6) is 0. The molecule has 1 heterocycles. The fourth-order valence-corrected chi connectivity index (χ4v) is 6.26. The summed E-state index contributed by atoms with van der Waals surface area (Å²) in [6.07, 6.45) is -0.706. The van der Waals surface area contributed by atoms with Crippen molar-refractivity contribution < 1.29 is 13.6 Å². The summed E-state index contributed by atoms with van der Waals surface area (Å²) in [6, 6.07) is 8.40. The number of rotatable bonds is 8. The molecule has 0 aromatic heterocycles. The quantitative estimate of drug-likeness (QED) is 0.236. The third-order valence-electron chi connectivity index (χ3n) is 3.84. The van der Waals surface area contributed by atoms with Crippen molar-refractivity contribution >= 4 is 28.4 Å². The maximum Gasteiger partial charge on any atom is 0.184 e. The van der Waals surface area contributed by atoms with Crippen LogP contribution in [0.1, 0.15) is 5.56 Å². The van der Waals surface area contributed by atoms with E-state index < -0.39 is 16.6 Å². The molecule has 27 heavy (non-hydrogen) atoms. The number of thioether (sulfide) groups is 1. The molecule has 0 saturated carbocycles. The molecule has 1 aromatic rings. The minimum atomic E-state index is -1.84. The standard InChI is InChI=1S/C18H31N3O3SSi2/c1-13-8-10-14(11-9-13)25-18-17(24-27(5,6)7)16(23-26(2,3)4)15(22-18)12-20-21-19/h8-11,15-18H,12H2,1-7H3/t15-,16-,17-,18+/m1/s1. The summed E-state index contributed by atoms with van der Waals surface area (Å²) < 4.78 is 19.3. The number of nitrogens with zero attached hydrogens (tertiary/aromatic N) is 3. The fraction of sp³-hybridized carbons (Fsp3) is 0.667. The molecule has 150 valence electrons. The second-order valence-electron chi connectivity index (χ2n) is 8.78. The third kappa shape index (κ3) is 7.26. The second kappa shape index (κ2) is 9.13. The Kier molecular flexibility index (Phi) is 7.60. The van der Waals surface area contributed by atoms with E-state index in [1.54, 1.807) is 11.8 Å². The van der Waals surface area contributed by atoms with Crippen LogP contribution in [-0.4, -0.2) is 46.9 Å². The molecule has 1 fully saturated rings. The van der Waals surface area contributed by atoms with E-state index in [0.717, 1.165) is 4.90 Å². The van der Waals surface area contributed by atoms with Gasteiger partial charge in [-0.2, -0.15) is 0 Å². The largest absolute Gasteiger partial charge is 0.409 e. The van der Waals surface area contributed by atoms with Gasteiger partial charge in [-0.05, 0) is 63.9 Å². The van der Waals surface area contributed by atoms with E-state index in [-0.39, 0.29) is 30.3 Å². The van der Waals surface area contributed by atoms with E-state index in [1.807, 2.05) is 0 Å². The topological polar surface area (TPSA) is 76.5 Å². The van der Waals surface area contributed by atoms with Crippen molar-refractivity contribution in [2.45, 2.75) is 74.8 Å². The first kappa shape index (κ1) is 22.5. The number of azide groups is 1. The van der Waals surface area contributed by atoms with E-state index in [2.05, 4.69) is 80.5 Å². The SMILES string of the molecule is Cc1ccc(S[C@@H]2O[C@H](CN=[N+]=[N-])[C@@H](O[Si](C)(C)C)[C@H]2O[Si](C)(C)C)cc1. The maximum atomic E-state index is 8.77. The molecule has 1 aromatic carbocycles. The lowest BCUT2D eigenvalue weighted by Gasteiger charge is -2.34. The van der Waals surface area contributed by atoms with Crippen LogP contribution in [0, 0.1) is 6.92 Å². The Balaban J connectivity index is 2.30. The average molecular weight is 426 g/mol. The molecular formula is C18H31N3O3SSi2. The Hall–Kier alpha value is -0.806. The minimum Gasteiger partial charge on any atom is -0.409 e. The summed E-state index contributed by atoms with van der Waals surface area (Å²) in [5, 5.41) is 3.76. The zero-order chi connectivity index (χ0) is 20.2. The highest BCUT2D eigenvalue weighted by atomic mass is 32.2. The van der Waals surface area contributed by atoms with Crippen molar-refractivity contribution in [3.63, 3.8) is 0 Å². The zero-order valence-corrected chi connectivity index (χ0v) is 20.1. The van der Waals surface area contributed by atoms with E-state index in [0.29, 0.717) is 0 Å². The van der Waals surface area contributed by atoms with Gasteiger partial charge in [0.15, 0.2) is 16.6 Å². The van der Waals surface area contributed by atoms with Gasteiger partial charge in [-0.25, -0.2) is 0 Å². The Morgan fingerprint density at radius 3 is 2.11 bits per heavy atom. The van der Waals surface area contributed by atoms with Crippen LogP contribution in [0.5, 0.6) is 0 Å². The molecule has 0 N–H and O–H groups in total. The maximum absolute atomic E-state index is 8.77. The molecule has 1 saturated heterocycles. The molecule has 0 amide bonds. The summed E-state index contributed by atoms with van der Waals surface area (Å²) in [6.45, 7) is 15.3. The van der Waals surface area contributed by atoms with Gasteiger partial charge in [-0.3, -0.25) is 0 Å². The van der Waals surface area contributed by atoms with E-state index in [9.17, 15) is 0 Å². The average Bonchev–Trinajstić information content (AvgIpc) is 2.81. The minimum absolute atomic E-state index is 0.186. The number of hydrogen-bond acceptors (Lipinski definition) is 5. The summed E-state index contributed by atoms with van der Waals surface area (Å²) in [7, 11) is -3.67. The van der Waals surface area contributed by atoms with Crippen LogP contribution >= 0.6 is 11.8 Å². The second-order valence-corrected chi connectivity index (χ2v) is 18.9. The molecule has 0 radical (unpaired) electrons. The van der Waals surface area contributed by atoms with Crippen LogP contribution in [0.3, 0.4) is 0 Å². The lowest BCUT2D eigenvalue weighted by molar-refractivity contribution is 0.0428. The Morgan fingerprint density at radius 2 is 1.59 bits per heavy atom. The van der Waals surface area contributed by atoms with Gasteiger partial charge in [-0.1, -0.05) is 34.6 Å². The molecular weight excluding hydrogens is 394 g/mol. The van der Waals surface area contributed by atoms with Crippen molar-refractivity contribution in [3.8, 4) is 0 Å². The summed E-state index contributed by atoms with van der Waals surface area (Å²) in [5.41, 5.74) is 9.80. The van der Waals surface area contributed by atoms with Gasteiger partial charge in [0.1, 0.15) is 11.5 Å². The predicted molar refractivity (Wildman–Crippen MR) is 116 cm³/mol. The zero-order valence-electron chi connectivity index (χ0n) is 17.3. The van der Waals surface area contributed by atoms with Gasteiger partial charge in [0, 0.05) is 9.81 Å². The van der Waals surface area contributed by atoms with Gasteiger partial charge >= 0.3 is 0 Å². The first-order chi connectivity index (χ1) is 12.5. The van der Waals surface area contributed by atoms with Gasteiger partial charge in [-0.15, -0.1) is 0 Å². The molecule has 1 aliphatic rings. The van der Waals surface area contributed by atoms with Gasteiger partial charge < -0.3 is 13.6 Å². The monoisotopic (exact) mass is 425 g/mol. The lowest BCUT2D eigenvalue weighted by atomic mass is 10.1. The molecule has 0 aliphatic carbocycles. The van der Waals surface area contributed by atoms with E-state index in [1.165, 1.54) is 5.56 Å². The van der Waals surface area contributed by atoms with Gasteiger partial charge in [0.05, 0.1) is 18.8 Å². The first-order valence-electron chi connectivity index (χ1n) is 9.24.